The lowest BCUT2D eigenvalue weighted by molar-refractivity contribution is 0.161. The molecule has 0 amide bonds. The van der Waals surface area contributed by atoms with Crippen LogP contribution in [-0.4, -0.2) is 63.3 Å². The highest BCUT2D eigenvalue weighted by atomic mass is 127. The monoisotopic (exact) mass is 441 g/mol. The standard InChI is InChI=1S/C14H27N5OS.HI/c1-12-10-17-13(21-12)11-18-14(15-2)16-6-5-7-19(3)8-9-20-4;/h10H,5-9,11H2,1-4H3,(H2,15,16,18);1H. The Labute approximate surface area is 154 Å². The fourth-order valence-corrected chi connectivity index (χ4v) is 2.50. The summed E-state index contributed by atoms with van der Waals surface area (Å²) < 4.78 is 5.06. The Morgan fingerprint density at radius 2 is 2.18 bits per heavy atom. The molecule has 1 aromatic heterocycles. The number of hydrogen-bond donors (Lipinski definition) is 2. The minimum absolute atomic E-state index is 0. The van der Waals surface area contributed by atoms with Gasteiger partial charge in [0, 0.05) is 38.3 Å². The molecule has 1 rings (SSSR count). The van der Waals surface area contributed by atoms with Crippen LogP contribution in [0.2, 0.25) is 0 Å². The van der Waals surface area contributed by atoms with Gasteiger partial charge >= 0.3 is 0 Å². The maximum absolute atomic E-state index is 5.06. The van der Waals surface area contributed by atoms with Crippen molar-refractivity contribution in [2.45, 2.75) is 19.9 Å². The molecule has 0 saturated carbocycles. The number of likely N-dealkylation sites (N-methyl/N-ethyl adjacent to an activating group) is 1. The van der Waals surface area contributed by atoms with Crippen LogP contribution in [0.25, 0.3) is 0 Å². The van der Waals surface area contributed by atoms with Crippen molar-refractivity contribution < 1.29 is 4.74 Å². The van der Waals surface area contributed by atoms with Gasteiger partial charge in [0.15, 0.2) is 5.96 Å². The lowest BCUT2D eigenvalue weighted by atomic mass is 10.4. The van der Waals surface area contributed by atoms with Crippen molar-refractivity contribution in [2.75, 3.05) is 47.4 Å². The predicted octanol–water partition coefficient (Wildman–Crippen LogP) is 1.70. The summed E-state index contributed by atoms with van der Waals surface area (Å²) in [7, 11) is 5.62. The zero-order valence-electron chi connectivity index (χ0n) is 13.9. The second kappa shape index (κ2) is 13.0. The number of hydrogen-bond acceptors (Lipinski definition) is 5. The molecule has 22 heavy (non-hydrogen) atoms. The van der Waals surface area contributed by atoms with Crippen LogP contribution in [0, 0.1) is 6.92 Å². The molecule has 0 saturated heterocycles. The molecule has 1 aromatic rings. The quantitative estimate of drug-likeness (QED) is 0.265. The Kier molecular flexibility index (Phi) is 12.8. The number of aryl methyl sites for hydroxylation is 1. The van der Waals surface area contributed by atoms with Gasteiger partial charge in [0.25, 0.3) is 0 Å². The van der Waals surface area contributed by atoms with Crippen LogP contribution in [0.1, 0.15) is 16.3 Å². The molecule has 8 heteroatoms. The largest absolute Gasteiger partial charge is 0.383 e. The summed E-state index contributed by atoms with van der Waals surface area (Å²) in [6, 6.07) is 0. The van der Waals surface area contributed by atoms with Crippen molar-refractivity contribution in [1.29, 1.82) is 0 Å². The molecule has 6 nitrogen and oxygen atoms in total. The first-order valence-corrected chi connectivity index (χ1v) is 8.00. The van der Waals surface area contributed by atoms with Crippen molar-refractivity contribution in [3.8, 4) is 0 Å². The van der Waals surface area contributed by atoms with Crippen LogP contribution in [0.3, 0.4) is 0 Å². The number of halogens is 1. The summed E-state index contributed by atoms with van der Waals surface area (Å²) in [6.45, 7) is 6.46. The van der Waals surface area contributed by atoms with Crippen molar-refractivity contribution in [3.63, 3.8) is 0 Å². The topological polar surface area (TPSA) is 61.8 Å². The van der Waals surface area contributed by atoms with Crippen molar-refractivity contribution in [2.24, 2.45) is 4.99 Å². The third-order valence-corrected chi connectivity index (χ3v) is 3.90. The van der Waals surface area contributed by atoms with E-state index in [-0.39, 0.29) is 24.0 Å². The lowest BCUT2D eigenvalue weighted by Crippen LogP contribution is -2.38. The van der Waals surface area contributed by atoms with E-state index < -0.39 is 0 Å². The summed E-state index contributed by atoms with van der Waals surface area (Å²) in [5.74, 6) is 0.822. The highest BCUT2D eigenvalue weighted by Gasteiger charge is 2.02. The molecule has 1 heterocycles. The Morgan fingerprint density at radius 1 is 1.41 bits per heavy atom. The predicted molar refractivity (Wildman–Crippen MR) is 104 cm³/mol. The number of thiazole rings is 1. The van der Waals surface area contributed by atoms with Crippen molar-refractivity contribution >= 4 is 41.3 Å². The maximum atomic E-state index is 5.06. The van der Waals surface area contributed by atoms with Gasteiger partial charge in [0.2, 0.25) is 0 Å². The number of nitrogens with one attached hydrogen (secondary N) is 2. The summed E-state index contributed by atoms with van der Waals surface area (Å²) >= 11 is 1.71. The van der Waals surface area contributed by atoms with Gasteiger partial charge in [-0.3, -0.25) is 4.99 Å². The number of guanidine groups is 1. The average Bonchev–Trinajstić information content (AvgIpc) is 2.90. The number of aliphatic imine (C=N–C) groups is 1. The van der Waals surface area contributed by atoms with E-state index in [4.69, 9.17) is 4.74 Å². The van der Waals surface area contributed by atoms with Crippen molar-refractivity contribution in [1.82, 2.24) is 20.5 Å². The molecule has 0 bridgehead atoms. The number of nitrogens with zero attached hydrogens (tertiary/aromatic N) is 3. The molecule has 0 fully saturated rings. The highest BCUT2D eigenvalue weighted by Crippen LogP contribution is 2.10. The van der Waals surface area contributed by atoms with Crippen LogP contribution in [0.4, 0.5) is 0 Å². The molecular formula is C14H28IN5OS. The lowest BCUT2D eigenvalue weighted by Gasteiger charge is -2.16. The number of methoxy groups -OCH3 is 1. The molecular weight excluding hydrogens is 413 g/mol. The number of rotatable bonds is 9. The number of ether oxygens (including phenoxy) is 1. The molecule has 0 radical (unpaired) electrons. The van der Waals surface area contributed by atoms with E-state index in [0.717, 1.165) is 43.6 Å². The fraction of sp³-hybridized carbons (Fsp3) is 0.714. The molecule has 0 aliphatic rings. The van der Waals surface area contributed by atoms with Gasteiger partial charge in [-0.25, -0.2) is 4.98 Å². The molecule has 0 aromatic carbocycles. The second-order valence-electron chi connectivity index (χ2n) is 4.87. The molecule has 2 N–H and O–H groups in total. The van der Waals surface area contributed by atoms with E-state index in [1.165, 1.54) is 4.88 Å². The second-order valence-corrected chi connectivity index (χ2v) is 6.19. The normalized spacial score (nSPS) is 11.4. The van der Waals surface area contributed by atoms with Gasteiger partial charge in [-0.15, -0.1) is 35.3 Å². The van der Waals surface area contributed by atoms with E-state index in [2.05, 4.69) is 39.5 Å². The molecule has 0 atom stereocenters. The van der Waals surface area contributed by atoms with Crippen molar-refractivity contribution in [3.05, 3.63) is 16.1 Å². The van der Waals surface area contributed by atoms with Crippen LogP contribution in [0.5, 0.6) is 0 Å². The van der Waals surface area contributed by atoms with Gasteiger partial charge in [-0.05, 0) is 26.9 Å². The summed E-state index contributed by atoms with van der Waals surface area (Å²) in [6.07, 6.45) is 2.96. The zero-order chi connectivity index (χ0) is 15.5. The van der Waals surface area contributed by atoms with E-state index in [1.54, 1.807) is 25.5 Å². The average molecular weight is 441 g/mol. The van der Waals surface area contributed by atoms with E-state index in [0.29, 0.717) is 6.54 Å². The fourth-order valence-electron chi connectivity index (χ4n) is 1.78. The summed E-state index contributed by atoms with van der Waals surface area (Å²) in [4.78, 5) is 12.0. The molecule has 0 aliphatic heterocycles. The van der Waals surface area contributed by atoms with Gasteiger partial charge in [0.1, 0.15) is 5.01 Å². The number of aromatic nitrogens is 1. The van der Waals surface area contributed by atoms with Gasteiger partial charge in [-0.1, -0.05) is 0 Å². The smallest absolute Gasteiger partial charge is 0.191 e. The third kappa shape index (κ3) is 9.54. The van der Waals surface area contributed by atoms with E-state index >= 15 is 0 Å². The third-order valence-electron chi connectivity index (χ3n) is 2.99. The Bertz CT molecular complexity index is 427. The van der Waals surface area contributed by atoms with Crippen LogP contribution in [0.15, 0.2) is 11.2 Å². The Hall–Kier alpha value is -0.450. The minimum Gasteiger partial charge on any atom is -0.383 e. The Morgan fingerprint density at radius 3 is 2.77 bits per heavy atom. The van der Waals surface area contributed by atoms with E-state index in [1.807, 2.05) is 6.20 Å². The maximum Gasteiger partial charge on any atom is 0.191 e. The first kappa shape index (κ1) is 21.6. The SMILES string of the molecule is CN=C(NCCCN(C)CCOC)NCc1ncc(C)s1.I. The van der Waals surface area contributed by atoms with Crippen LogP contribution >= 0.6 is 35.3 Å². The van der Waals surface area contributed by atoms with Gasteiger partial charge < -0.3 is 20.3 Å². The Balaban J connectivity index is 0.00000441. The zero-order valence-corrected chi connectivity index (χ0v) is 17.0. The molecule has 0 aliphatic carbocycles. The molecule has 128 valence electrons. The summed E-state index contributed by atoms with van der Waals surface area (Å²) in [5, 5.41) is 7.67. The van der Waals surface area contributed by atoms with Gasteiger partial charge in [0.05, 0.1) is 13.2 Å². The van der Waals surface area contributed by atoms with E-state index in [9.17, 15) is 0 Å². The first-order valence-electron chi connectivity index (χ1n) is 7.19. The molecule has 0 unspecified atom stereocenters. The van der Waals surface area contributed by atoms with Crippen LogP contribution < -0.4 is 10.6 Å². The highest BCUT2D eigenvalue weighted by molar-refractivity contribution is 14.0. The summed E-state index contributed by atoms with van der Waals surface area (Å²) in [5.41, 5.74) is 0. The first-order chi connectivity index (χ1) is 10.2. The minimum atomic E-state index is 0. The van der Waals surface area contributed by atoms with Gasteiger partial charge in [-0.2, -0.15) is 0 Å². The van der Waals surface area contributed by atoms with Crippen LogP contribution in [-0.2, 0) is 11.3 Å². The molecule has 0 spiro atoms.